The molecule has 0 aliphatic carbocycles. The van der Waals surface area contributed by atoms with Gasteiger partial charge in [-0.3, -0.25) is 14.9 Å². The molecular formula is C26H21N5O2S2. The van der Waals surface area contributed by atoms with Gasteiger partial charge in [-0.05, 0) is 49.2 Å². The maximum Gasteiger partial charge on any atom is 0.267 e. The second-order valence-electron chi connectivity index (χ2n) is 8.42. The van der Waals surface area contributed by atoms with Crippen molar-refractivity contribution in [2.75, 3.05) is 16.8 Å². The van der Waals surface area contributed by atoms with Gasteiger partial charge in [-0.2, -0.15) is 5.10 Å². The highest BCUT2D eigenvalue weighted by Gasteiger charge is 2.23. The first-order valence-corrected chi connectivity index (χ1v) is 12.9. The number of nitrogens with zero attached hydrogens (tertiary/aromatic N) is 4. The van der Waals surface area contributed by atoms with E-state index < -0.39 is 0 Å². The van der Waals surface area contributed by atoms with Crippen molar-refractivity contribution in [1.29, 1.82) is 0 Å². The molecule has 0 saturated carbocycles. The van der Waals surface area contributed by atoms with Crippen LogP contribution in [0.1, 0.15) is 27.9 Å². The van der Waals surface area contributed by atoms with Crippen molar-refractivity contribution >= 4 is 55.5 Å². The average Bonchev–Trinajstić information content (AvgIpc) is 3.63. The average molecular weight is 500 g/mol. The first-order chi connectivity index (χ1) is 17.0. The van der Waals surface area contributed by atoms with Crippen LogP contribution in [0.4, 0.5) is 10.8 Å². The monoisotopic (exact) mass is 499 g/mol. The molecule has 4 heterocycles. The Morgan fingerprint density at radius 3 is 2.71 bits per heavy atom. The number of hydrogen-bond acceptors (Lipinski definition) is 6. The van der Waals surface area contributed by atoms with Gasteiger partial charge in [-0.1, -0.05) is 24.3 Å². The van der Waals surface area contributed by atoms with E-state index in [0.29, 0.717) is 16.6 Å². The number of aromatic nitrogens is 3. The van der Waals surface area contributed by atoms with Crippen LogP contribution in [0.5, 0.6) is 0 Å². The molecule has 174 valence electrons. The van der Waals surface area contributed by atoms with Crippen molar-refractivity contribution in [1.82, 2.24) is 14.8 Å². The summed E-state index contributed by atoms with van der Waals surface area (Å²) in [5, 5.41) is 11.1. The van der Waals surface area contributed by atoms with E-state index in [1.165, 1.54) is 22.7 Å². The van der Waals surface area contributed by atoms with E-state index in [2.05, 4.69) is 21.5 Å². The molecule has 9 heteroatoms. The molecule has 0 spiro atoms. The van der Waals surface area contributed by atoms with Gasteiger partial charge in [-0.15, -0.1) is 22.7 Å². The predicted molar refractivity (Wildman–Crippen MR) is 141 cm³/mol. The summed E-state index contributed by atoms with van der Waals surface area (Å²) >= 11 is 2.82. The van der Waals surface area contributed by atoms with Crippen molar-refractivity contribution in [2.45, 2.75) is 20.3 Å². The molecule has 6 rings (SSSR count). The number of nitrogens with one attached hydrogen (secondary N) is 1. The number of thiophene rings is 1. The lowest BCUT2D eigenvalue weighted by atomic mass is 10.1. The molecule has 7 nitrogen and oxygen atoms in total. The molecule has 0 bridgehead atoms. The molecule has 2 amide bonds. The predicted octanol–water partition coefficient (Wildman–Crippen LogP) is 5.68. The van der Waals surface area contributed by atoms with Crippen LogP contribution in [0, 0.1) is 6.92 Å². The molecule has 5 aromatic rings. The second-order valence-corrected chi connectivity index (χ2v) is 10.3. The van der Waals surface area contributed by atoms with Gasteiger partial charge in [0.25, 0.3) is 5.91 Å². The summed E-state index contributed by atoms with van der Waals surface area (Å²) in [6, 6.07) is 17.8. The van der Waals surface area contributed by atoms with Gasteiger partial charge in [0.15, 0.2) is 5.13 Å². The van der Waals surface area contributed by atoms with Crippen LogP contribution in [-0.4, -0.2) is 33.1 Å². The topological polar surface area (TPSA) is 80.1 Å². The number of carbonyl (C=O) groups is 2. The van der Waals surface area contributed by atoms with Gasteiger partial charge in [0.2, 0.25) is 5.91 Å². The molecule has 2 aromatic carbocycles. The van der Waals surface area contributed by atoms with Crippen LogP contribution in [0.15, 0.2) is 60.0 Å². The fourth-order valence-corrected chi connectivity index (χ4v) is 6.21. The highest BCUT2D eigenvalue weighted by Crippen LogP contribution is 2.34. The Labute approximate surface area is 209 Å². The molecule has 0 atom stereocenters. The summed E-state index contributed by atoms with van der Waals surface area (Å²) in [6.45, 7) is 4.26. The molecule has 0 unspecified atom stereocenters. The Bertz CT molecular complexity index is 1600. The Morgan fingerprint density at radius 1 is 1.09 bits per heavy atom. The van der Waals surface area contributed by atoms with E-state index in [1.54, 1.807) is 11.8 Å². The summed E-state index contributed by atoms with van der Waals surface area (Å²) in [7, 11) is 0. The third-order valence-corrected chi connectivity index (χ3v) is 8.01. The molecule has 0 saturated heterocycles. The molecule has 1 aliphatic rings. The zero-order valence-corrected chi connectivity index (χ0v) is 20.7. The van der Waals surface area contributed by atoms with Gasteiger partial charge in [-0.25, -0.2) is 9.67 Å². The van der Waals surface area contributed by atoms with E-state index in [0.717, 1.165) is 50.5 Å². The molecule has 0 fully saturated rings. The zero-order valence-electron chi connectivity index (χ0n) is 19.1. The van der Waals surface area contributed by atoms with Crippen LogP contribution >= 0.6 is 22.7 Å². The van der Waals surface area contributed by atoms with E-state index >= 15 is 0 Å². The number of thiazole rings is 1. The summed E-state index contributed by atoms with van der Waals surface area (Å²) in [5.74, 6) is -0.125. The van der Waals surface area contributed by atoms with E-state index in [9.17, 15) is 9.59 Å². The third kappa shape index (κ3) is 3.82. The lowest BCUT2D eigenvalue weighted by molar-refractivity contribution is -0.116. The smallest absolute Gasteiger partial charge is 0.267 e. The Kier molecular flexibility index (Phi) is 5.23. The number of para-hydroxylation sites is 1. The van der Waals surface area contributed by atoms with Crippen LogP contribution in [0.3, 0.4) is 0 Å². The van der Waals surface area contributed by atoms with E-state index in [4.69, 9.17) is 0 Å². The fourth-order valence-electron chi connectivity index (χ4n) is 4.41. The highest BCUT2D eigenvalue weighted by atomic mass is 32.1. The first-order valence-electron chi connectivity index (χ1n) is 11.2. The summed E-state index contributed by atoms with van der Waals surface area (Å²) < 4.78 is 1.88. The second kappa shape index (κ2) is 8.44. The van der Waals surface area contributed by atoms with Gasteiger partial charge < -0.3 is 4.90 Å². The van der Waals surface area contributed by atoms with Crippen LogP contribution < -0.4 is 10.2 Å². The summed E-state index contributed by atoms with van der Waals surface area (Å²) in [5.41, 5.74) is 5.75. The Balaban J connectivity index is 1.23. The van der Waals surface area contributed by atoms with Crippen LogP contribution in [0.25, 0.3) is 27.2 Å². The third-order valence-electron chi connectivity index (χ3n) is 6.14. The van der Waals surface area contributed by atoms with Gasteiger partial charge in [0.05, 0.1) is 22.0 Å². The Morgan fingerprint density at radius 2 is 1.91 bits per heavy atom. The van der Waals surface area contributed by atoms with Gasteiger partial charge >= 0.3 is 0 Å². The molecule has 1 N–H and O–H groups in total. The molecular weight excluding hydrogens is 478 g/mol. The SMILES string of the molecule is CC(=O)N1CCc2cc(-c3csc(NC(=O)c4cc5c(C)nn(-c6ccccc6)c5s4)n3)ccc21. The van der Waals surface area contributed by atoms with Crippen LogP contribution in [-0.2, 0) is 11.2 Å². The number of aryl methyl sites for hydroxylation is 1. The number of benzene rings is 2. The van der Waals surface area contributed by atoms with Gasteiger partial charge in [0, 0.05) is 35.5 Å². The molecule has 35 heavy (non-hydrogen) atoms. The first kappa shape index (κ1) is 21.7. The van der Waals surface area contributed by atoms with Crippen molar-refractivity contribution < 1.29 is 9.59 Å². The number of hydrogen-bond donors (Lipinski definition) is 1. The fraction of sp³-hybridized carbons (Fsp3) is 0.154. The number of carbonyl (C=O) groups excluding carboxylic acids is 2. The number of amides is 2. The minimum Gasteiger partial charge on any atom is -0.312 e. The van der Waals surface area contributed by atoms with E-state index in [-0.39, 0.29) is 11.8 Å². The molecule has 0 radical (unpaired) electrons. The minimum atomic E-state index is -0.183. The van der Waals surface area contributed by atoms with Gasteiger partial charge in [0.1, 0.15) is 4.83 Å². The summed E-state index contributed by atoms with van der Waals surface area (Å²) in [6.07, 6.45) is 0.836. The maximum absolute atomic E-state index is 13.0. The lowest BCUT2D eigenvalue weighted by Gasteiger charge is -2.14. The zero-order chi connectivity index (χ0) is 24.1. The molecule has 1 aliphatic heterocycles. The van der Waals surface area contributed by atoms with Crippen molar-refractivity contribution in [3.8, 4) is 16.9 Å². The van der Waals surface area contributed by atoms with Crippen molar-refractivity contribution in [3.05, 3.63) is 76.1 Å². The quantitative estimate of drug-likeness (QED) is 0.345. The lowest BCUT2D eigenvalue weighted by Crippen LogP contribution is -2.25. The van der Waals surface area contributed by atoms with E-state index in [1.807, 2.05) is 65.5 Å². The number of rotatable bonds is 4. The Hall–Kier alpha value is -3.82. The van der Waals surface area contributed by atoms with Crippen molar-refractivity contribution in [3.63, 3.8) is 0 Å². The normalized spacial score (nSPS) is 12.8. The largest absolute Gasteiger partial charge is 0.312 e. The minimum absolute atomic E-state index is 0.0584. The standard InChI is InChI=1S/C26H21N5O2S2/c1-15-20-13-23(35-25(20)31(29-15)19-6-4-3-5-7-19)24(33)28-26-27-21(14-34-26)17-8-9-22-18(12-17)10-11-30(22)16(2)32/h3-9,12-14H,10-11H2,1-2H3,(H,27,28,33). The highest BCUT2D eigenvalue weighted by molar-refractivity contribution is 7.20. The number of anilines is 2. The van der Waals surface area contributed by atoms with Crippen molar-refractivity contribution in [2.24, 2.45) is 0 Å². The summed E-state index contributed by atoms with van der Waals surface area (Å²) in [4.78, 5) is 32.8. The molecule has 3 aromatic heterocycles. The number of fused-ring (bicyclic) bond motifs is 2. The van der Waals surface area contributed by atoms with Crippen LogP contribution in [0.2, 0.25) is 0 Å². The maximum atomic E-state index is 13.0.